The normalized spacial score (nSPS) is 15.3. The second-order valence-electron chi connectivity index (χ2n) is 11.8. The van der Waals surface area contributed by atoms with Crippen LogP contribution >= 0.6 is 11.3 Å². The van der Waals surface area contributed by atoms with Crippen molar-refractivity contribution < 1.29 is 14.7 Å². The highest BCUT2D eigenvalue weighted by Crippen LogP contribution is 2.33. The largest absolute Gasteiger partial charge is 0.476 e. The number of carboxylic acid groups (broad SMARTS) is 1. The number of hydrogen-bond donors (Lipinski definition) is 2. The lowest BCUT2D eigenvalue weighted by Crippen LogP contribution is -2.33. The Labute approximate surface area is 259 Å². The molecule has 9 nitrogen and oxygen atoms in total. The fourth-order valence-electron chi connectivity index (χ4n) is 6.59. The molecule has 1 saturated carbocycles. The zero-order valence-electron chi connectivity index (χ0n) is 24.6. The van der Waals surface area contributed by atoms with Gasteiger partial charge in [0.15, 0.2) is 10.8 Å². The van der Waals surface area contributed by atoms with Gasteiger partial charge in [0.25, 0.3) is 5.91 Å². The minimum atomic E-state index is -1.07. The summed E-state index contributed by atoms with van der Waals surface area (Å²) in [7, 11) is 0. The summed E-state index contributed by atoms with van der Waals surface area (Å²) in [6.07, 6.45) is 8.77. The number of amides is 1. The van der Waals surface area contributed by atoms with Crippen LogP contribution in [0.25, 0.3) is 21.3 Å². The van der Waals surface area contributed by atoms with Gasteiger partial charge in [-0.05, 0) is 73.6 Å². The molecule has 1 aliphatic carbocycles. The standard InChI is InChI=1S/C34H34N6O3S/c1-21-26(18-35-40(21)19-22-8-3-2-4-9-22)24-14-15-30(37-31(24)33(42)43)39-17-16-23-10-7-11-25(27(23)20-39)32(41)38-34-36-28-12-5-6-13-29(28)44-34/h5-7,10-15,18,22H,2-4,8-9,16-17,19-20H2,1H3,(H,42,43)(H,36,38,41). The van der Waals surface area contributed by atoms with Crippen molar-refractivity contribution in [1.82, 2.24) is 19.7 Å². The number of fused-ring (bicyclic) bond motifs is 2. The molecule has 224 valence electrons. The van der Waals surface area contributed by atoms with Gasteiger partial charge in [-0.25, -0.2) is 14.8 Å². The third-order valence-corrected chi connectivity index (χ3v) is 9.94. The lowest BCUT2D eigenvalue weighted by atomic mass is 9.89. The van der Waals surface area contributed by atoms with Gasteiger partial charge < -0.3 is 10.0 Å². The van der Waals surface area contributed by atoms with E-state index in [9.17, 15) is 14.7 Å². The van der Waals surface area contributed by atoms with Crippen LogP contribution in [0.2, 0.25) is 0 Å². The first-order valence-corrected chi connectivity index (χ1v) is 16.1. The Kier molecular flexibility index (Phi) is 7.59. The van der Waals surface area contributed by atoms with Crippen LogP contribution in [-0.4, -0.2) is 43.3 Å². The van der Waals surface area contributed by atoms with E-state index in [1.807, 2.05) is 71.1 Å². The predicted molar refractivity (Wildman–Crippen MR) is 172 cm³/mol. The quantitative estimate of drug-likeness (QED) is 0.206. The van der Waals surface area contributed by atoms with Crippen molar-refractivity contribution in [2.45, 2.75) is 58.5 Å². The Morgan fingerprint density at radius 2 is 1.84 bits per heavy atom. The van der Waals surface area contributed by atoms with Crippen molar-refractivity contribution in [2.75, 3.05) is 16.8 Å². The van der Waals surface area contributed by atoms with Gasteiger partial charge in [0.05, 0.1) is 16.4 Å². The van der Waals surface area contributed by atoms with Gasteiger partial charge in [-0.1, -0.05) is 54.9 Å². The highest BCUT2D eigenvalue weighted by molar-refractivity contribution is 7.22. The van der Waals surface area contributed by atoms with Crippen molar-refractivity contribution in [2.24, 2.45) is 5.92 Å². The number of carbonyl (C=O) groups is 2. The first-order valence-electron chi connectivity index (χ1n) is 15.2. The van der Waals surface area contributed by atoms with E-state index < -0.39 is 5.97 Å². The van der Waals surface area contributed by atoms with Crippen LogP contribution < -0.4 is 10.2 Å². The fourth-order valence-corrected chi connectivity index (χ4v) is 7.45. The molecule has 2 aromatic carbocycles. The van der Waals surface area contributed by atoms with Crippen LogP contribution in [0.15, 0.2) is 60.8 Å². The average molecular weight is 607 g/mol. The van der Waals surface area contributed by atoms with Gasteiger partial charge in [-0.3, -0.25) is 14.8 Å². The van der Waals surface area contributed by atoms with Crippen LogP contribution in [0.1, 0.15) is 69.8 Å². The Hall–Kier alpha value is -4.57. The van der Waals surface area contributed by atoms with Crippen molar-refractivity contribution in [3.05, 3.63) is 88.9 Å². The number of nitrogens with zero attached hydrogens (tertiary/aromatic N) is 5. The van der Waals surface area contributed by atoms with Crippen molar-refractivity contribution in [3.8, 4) is 11.1 Å². The van der Waals surface area contributed by atoms with Crippen molar-refractivity contribution in [1.29, 1.82) is 0 Å². The third-order valence-electron chi connectivity index (χ3n) is 8.99. The molecule has 1 fully saturated rings. The van der Waals surface area contributed by atoms with Gasteiger partial charge in [-0.2, -0.15) is 5.10 Å². The molecule has 0 saturated heterocycles. The van der Waals surface area contributed by atoms with Crippen LogP contribution in [0.4, 0.5) is 10.9 Å². The zero-order chi connectivity index (χ0) is 30.2. The van der Waals surface area contributed by atoms with E-state index in [0.717, 1.165) is 45.6 Å². The van der Waals surface area contributed by atoms with Crippen molar-refractivity contribution in [3.63, 3.8) is 0 Å². The predicted octanol–water partition coefficient (Wildman–Crippen LogP) is 6.96. The molecular weight excluding hydrogens is 572 g/mol. The summed E-state index contributed by atoms with van der Waals surface area (Å²) in [6.45, 7) is 3.98. The highest BCUT2D eigenvalue weighted by Gasteiger charge is 2.26. The van der Waals surface area contributed by atoms with Gasteiger partial charge in [0, 0.05) is 42.0 Å². The number of aromatic nitrogens is 4. The molecule has 2 aliphatic rings. The van der Waals surface area contributed by atoms with E-state index in [2.05, 4.69) is 20.4 Å². The molecule has 0 unspecified atom stereocenters. The summed E-state index contributed by atoms with van der Waals surface area (Å²) in [4.78, 5) is 37.2. The monoisotopic (exact) mass is 606 g/mol. The first kappa shape index (κ1) is 28.2. The van der Waals surface area contributed by atoms with E-state index in [1.165, 1.54) is 43.4 Å². The smallest absolute Gasteiger partial charge is 0.355 e. The number of pyridine rings is 1. The second-order valence-corrected chi connectivity index (χ2v) is 12.8. The van der Waals surface area contributed by atoms with Crippen LogP contribution in [0, 0.1) is 12.8 Å². The molecule has 7 rings (SSSR count). The Bertz CT molecular complexity index is 1840. The number of benzene rings is 2. The molecule has 4 heterocycles. The van der Waals surface area contributed by atoms with Gasteiger partial charge >= 0.3 is 5.97 Å². The number of nitrogens with one attached hydrogen (secondary N) is 1. The van der Waals surface area contributed by atoms with Crippen LogP contribution in [-0.2, 0) is 19.5 Å². The Morgan fingerprint density at radius 1 is 1.00 bits per heavy atom. The summed E-state index contributed by atoms with van der Waals surface area (Å²) < 4.78 is 3.03. The molecule has 1 amide bonds. The van der Waals surface area contributed by atoms with Gasteiger partial charge in [-0.15, -0.1) is 0 Å². The van der Waals surface area contributed by atoms with E-state index in [4.69, 9.17) is 0 Å². The third kappa shape index (κ3) is 5.45. The minimum Gasteiger partial charge on any atom is -0.476 e. The minimum absolute atomic E-state index is 0.00970. The molecule has 44 heavy (non-hydrogen) atoms. The summed E-state index contributed by atoms with van der Waals surface area (Å²) in [5.74, 6) is -0.0946. The number of carboxylic acids is 1. The molecule has 5 aromatic rings. The number of aromatic carboxylic acids is 1. The number of thiazole rings is 1. The second kappa shape index (κ2) is 11.8. The topological polar surface area (TPSA) is 113 Å². The summed E-state index contributed by atoms with van der Waals surface area (Å²) >= 11 is 1.44. The summed E-state index contributed by atoms with van der Waals surface area (Å²) in [5, 5.41) is 18.4. The number of para-hydroxylation sites is 1. The van der Waals surface area contributed by atoms with Gasteiger partial charge in [0.2, 0.25) is 0 Å². The summed E-state index contributed by atoms with van der Waals surface area (Å²) in [6, 6.07) is 17.3. The van der Waals surface area contributed by atoms with E-state index in [-0.39, 0.29) is 11.6 Å². The molecule has 3 aromatic heterocycles. The van der Waals surface area contributed by atoms with Crippen LogP contribution in [0.3, 0.4) is 0 Å². The molecule has 10 heteroatoms. The fraction of sp³-hybridized carbons (Fsp3) is 0.324. The van der Waals surface area contributed by atoms with Crippen LogP contribution in [0.5, 0.6) is 0 Å². The van der Waals surface area contributed by atoms with E-state index >= 15 is 0 Å². The first-order chi connectivity index (χ1) is 21.4. The molecular formula is C34H34N6O3S. The van der Waals surface area contributed by atoms with E-state index in [0.29, 0.717) is 41.1 Å². The molecule has 2 N–H and O–H groups in total. The molecule has 0 radical (unpaired) electrons. The molecule has 1 aliphatic heterocycles. The van der Waals surface area contributed by atoms with Gasteiger partial charge in [0.1, 0.15) is 5.82 Å². The van der Waals surface area contributed by atoms with E-state index in [1.54, 1.807) is 6.20 Å². The molecule has 0 bridgehead atoms. The summed E-state index contributed by atoms with van der Waals surface area (Å²) in [5.41, 5.74) is 5.80. The lowest BCUT2D eigenvalue weighted by molar-refractivity contribution is 0.0691. The maximum Gasteiger partial charge on any atom is 0.355 e. The highest BCUT2D eigenvalue weighted by atomic mass is 32.1. The average Bonchev–Trinajstić information content (AvgIpc) is 3.62. The number of rotatable bonds is 7. The number of hydrogen-bond acceptors (Lipinski definition) is 7. The molecule has 0 atom stereocenters. The van der Waals surface area contributed by atoms with Crippen molar-refractivity contribution >= 4 is 44.4 Å². The maximum absolute atomic E-state index is 13.4. The zero-order valence-corrected chi connectivity index (χ0v) is 25.4. The maximum atomic E-state index is 13.4. The SMILES string of the molecule is Cc1c(-c2ccc(N3CCc4cccc(C(=O)Nc5nc6ccccc6s5)c4C3)nc2C(=O)O)cnn1CC1CCCCC1. The lowest BCUT2D eigenvalue weighted by Gasteiger charge is -2.31. The number of carbonyl (C=O) groups excluding carboxylic acids is 1. The number of anilines is 2. The molecule has 0 spiro atoms. The Morgan fingerprint density at radius 3 is 2.66 bits per heavy atom. The Balaban J connectivity index is 1.14.